The van der Waals surface area contributed by atoms with Gasteiger partial charge in [0.25, 0.3) is 0 Å². The Morgan fingerprint density at radius 2 is 2.11 bits per heavy atom. The minimum Gasteiger partial charge on any atom is -0.330 e. The fourth-order valence-electron chi connectivity index (χ4n) is 3.05. The Labute approximate surface area is 114 Å². The molecule has 0 radical (unpaired) electrons. The molecule has 100 valence electrons. The van der Waals surface area contributed by atoms with E-state index in [4.69, 9.17) is 10.7 Å². The summed E-state index contributed by atoms with van der Waals surface area (Å²) in [5.41, 5.74) is 12.1. The molecule has 2 N–H and O–H groups in total. The van der Waals surface area contributed by atoms with Gasteiger partial charge >= 0.3 is 0 Å². The van der Waals surface area contributed by atoms with Crippen molar-refractivity contribution in [2.75, 3.05) is 0 Å². The van der Waals surface area contributed by atoms with E-state index in [2.05, 4.69) is 36.6 Å². The van der Waals surface area contributed by atoms with Gasteiger partial charge < -0.3 is 10.3 Å². The molecule has 0 spiro atoms. The highest BCUT2D eigenvalue weighted by atomic mass is 15.1. The Morgan fingerprint density at radius 3 is 2.84 bits per heavy atom. The van der Waals surface area contributed by atoms with Crippen LogP contribution in [-0.4, -0.2) is 9.55 Å². The van der Waals surface area contributed by atoms with Gasteiger partial charge in [0.1, 0.15) is 5.82 Å². The lowest BCUT2D eigenvalue weighted by atomic mass is 10.0. The van der Waals surface area contributed by atoms with Gasteiger partial charge in [-0.05, 0) is 32.3 Å². The van der Waals surface area contributed by atoms with Gasteiger partial charge in [-0.1, -0.05) is 23.8 Å². The maximum atomic E-state index is 5.98. The van der Waals surface area contributed by atoms with Crippen LogP contribution in [0.3, 0.4) is 0 Å². The Hall–Kier alpha value is -1.61. The number of aryl methyl sites for hydroxylation is 3. The molecule has 1 aliphatic heterocycles. The Bertz CT molecular complexity index is 611. The third-order valence-electron chi connectivity index (χ3n) is 4.01. The summed E-state index contributed by atoms with van der Waals surface area (Å²) in [5.74, 6) is 1.21. The monoisotopic (exact) mass is 255 g/mol. The fraction of sp³-hybridized carbons (Fsp3) is 0.438. The number of hydrogen-bond donors (Lipinski definition) is 1. The second kappa shape index (κ2) is 4.82. The van der Waals surface area contributed by atoms with Crippen molar-refractivity contribution in [3.8, 4) is 11.3 Å². The molecule has 0 saturated heterocycles. The largest absolute Gasteiger partial charge is 0.330 e. The maximum Gasteiger partial charge on any atom is 0.109 e. The summed E-state index contributed by atoms with van der Waals surface area (Å²) in [6.07, 6.45) is 3.56. The maximum absolute atomic E-state index is 5.98. The van der Waals surface area contributed by atoms with Crippen LogP contribution in [0, 0.1) is 13.8 Å². The molecule has 3 rings (SSSR count). The quantitative estimate of drug-likeness (QED) is 0.896. The zero-order valence-corrected chi connectivity index (χ0v) is 11.7. The van der Waals surface area contributed by atoms with E-state index in [0.29, 0.717) is 6.54 Å². The molecule has 0 saturated carbocycles. The molecule has 0 bridgehead atoms. The summed E-state index contributed by atoms with van der Waals surface area (Å²) >= 11 is 0. The van der Waals surface area contributed by atoms with Crippen molar-refractivity contribution in [2.24, 2.45) is 5.73 Å². The molecule has 0 aliphatic carbocycles. The number of rotatable bonds is 2. The van der Waals surface area contributed by atoms with E-state index < -0.39 is 0 Å². The number of benzene rings is 1. The molecule has 2 heterocycles. The Kier molecular flexibility index (Phi) is 3.15. The van der Waals surface area contributed by atoms with Gasteiger partial charge in [0, 0.05) is 25.1 Å². The third kappa shape index (κ3) is 2.08. The lowest BCUT2D eigenvalue weighted by Gasteiger charge is -2.15. The highest BCUT2D eigenvalue weighted by Crippen LogP contribution is 2.30. The van der Waals surface area contributed by atoms with Crippen molar-refractivity contribution >= 4 is 0 Å². The van der Waals surface area contributed by atoms with E-state index in [0.717, 1.165) is 18.7 Å². The minimum atomic E-state index is 0.565. The van der Waals surface area contributed by atoms with Gasteiger partial charge in [-0.25, -0.2) is 4.98 Å². The highest BCUT2D eigenvalue weighted by Gasteiger charge is 2.20. The molecule has 2 aromatic rings. The molecule has 1 aromatic heterocycles. The first-order valence-corrected chi connectivity index (χ1v) is 7.06. The smallest absolute Gasteiger partial charge is 0.109 e. The van der Waals surface area contributed by atoms with Gasteiger partial charge in [-0.15, -0.1) is 0 Å². The van der Waals surface area contributed by atoms with Crippen LogP contribution < -0.4 is 5.73 Å². The number of nitrogens with zero attached hydrogens (tertiary/aromatic N) is 2. The van der Waals surface area contributed by atoms with Gasteiger partial charge in [0.2, 0.25) is 0 Å². The number of nitrogens with two attached hydrogens (primary N) is 1. The zero-order chi connectivity index (χ0) is 13.4. The van der Waals surface area contributed by atoms with Crippen molar-refractivity contribution in [1.82, 2.24) is 9.55 Å². The molecule has 0 atom stereocenters. The number of fused-ring (bicyclic) bond motifs is 1. The van der Waals surface area contributed by atoms with E-state index in [1.54, 1.807) is 0 Å². The zero-order valence-electron chi connectivity index (χ0n) is 11.7. The second-order valence-electron chi connectivity index (χ2n) is 5.45. The van der Waals surface area contributed by atoms with Crippen molar-refractivity contribution in [1.29, 1.82) is 0 Å². The lowest BCUT2D eigenvalue weighted by Crippen LogP contribution is -2.15. The predicted molar refractivity (Wildman–Crippen MR) is 78.0 cm³/mol. The average molecular weight is 255 g/mol. The van der Waals surface area contributed by atoms with E-state index >= 15 is 0 Å². The topological polar surface area (TPSA) is 43.8 Å². The molecular weight excluding hydrogens is 234 g/mol. The van der Waals surface area contributed by atoms with Crippen LogP contribution >= 0.6 is 0 Å². The molecule has 1 aliphatic rings. The summed E-state index contributed by atoms with van der Waals surface area (Å²) in [6, 6.07) is 6.55. The SMILES string of the molecule is Cc1ccc(-c2nc3n(c2CN)CCCC3)c(C)c1. The predicted octanol–water partition coefficient (Wildman–Crippen LogP) is 2.96. The van der Waals surface area contributed by atoms with Crippen LogP contribution in [-0.2, 0) is 19.5 Å². The molecular formula is C16H21N3. The van der Waals surface area contributed by atoms with Gasteiger partial charge in [-0.2, -0.15) is 0 Å². The van der Waals surface area contributed by atoms with E-state index in [-0.39, 0.29) is 0 Å². The van der Waals surface area contributed by atoms with Gasteiger partial charge in [0.05, 0.1) is 11.4 Å². The molecule has 0 fully saturated rings. The molecule has 3 nitrogen and oxygen atoms in total. The van der Waals surface area contributed by atoms with Crippen molar-refractivity contribution in [3.05, 3.63) is 40.8 Å². The summed E-state index contributed by atoms with van der Waals surface area (Å²) in [4.78, 5) is 4.87. The average Bonchev–Trinajstić information content (AvgIpc) is 2.76. The van der Waals surface area contributed by atoms with Crippen LogP contribution in [0.1, 0.15) is 35.5 Å². The summed E-state index contributed by atoms with van der Waals surface area (Å²) in [5, 5.41) is 0. The standard InChI is InChI=1S/C16H21N3/c1-11-6-7-13(12(2)9-11)16-14(10-17)19-8-4-3-5-15(19)18-16/h6-7,9H,3-5,8,10,17H2,1-2H3. The van der Waals surface area contributed by atoms with Gasteiger partial charge in [0.15, 0.2) is 0 Å². The Morgan fingerprint density at radius 1 is 1.26 bits per heavy atom. The first-order chi connectivity index (χ1) is 9.20. The molecule has 1 aromatic carbocycles. The lowest BCUT2D eigenvalue weighted by molar-refractivity contribution is 0.508. The molecule has 0 unspecified atom stereocenters. The number of hydrogen-bond acceptors (Lipinski definition) is 2. The first-order valence-electron chi connectivity index (χ1n) is 7.06. The van der Waals surface area contributed by atoms with Gasteiger partial charge in [-0.3, -0.25) is 0 Å². The van der Waals surface area contributed by atoms with E-state index in [1.807, 2.05) is 0 Å². The number of aromatic nitrogens is 2. The number of imidazole rings is 1. The fourth-order valence-corrected chi connectivity index (χ4v) is 3.05. The third-order valence-corrected chi connectivity index (χ3v) is 4.01. The van der Waals surface area contributed by atoms with Crippen LogP contribution in [0.25, 0.3) is 11.3 Å². The molecule has 0 amide bonds. The van der Waals surface area contributed by atoms with Crippen molar-refractivity contribution in [2.45, 2.75) is 46.2 Å². The molecule has 19 heavy (non-hydrogen) atoms. The molecule has 3 heteroatoms. The van der Waals surface area contributed by atoms with Crippen LogP contribution in [0.2, 0.25) is 0 Å². The summed E-state index contributed by atoms with van der Waals surface area (Å²) in [6.45, 7) is 5.91. The summed E-state index contributed by atoms with van der Waals surface area (Å²) in [7, 11) is 0. The Balaban J connectivity index is 2.16. The summed E-state index contributed by atoms with van der Waals surface area (Å²) < 4.78 is 2.33. The normalized spacial score (nSPS) is 14.5. The van der Waals surface area contributed by atoms with Crippen LogP contribution in [0.4, 0.5) is 0 Å². The first kappa shape index (κ1) is 12.4. The van der Waals surface area contributed by atoms with Crippen LogP contribution in [0.5, 0.6) is 0 Å². The van der Waals surface area contributed by atoms with Crippen LogP contribution in [0.15, 0.2) is 18.2 Å². The van der Waals surface area contributed by atoms with Crippen molar-refractivity contribution in [3.63, 3.8) is 0 Å². The van der Waals surface area contributed by atoms with E-state index in [9.17, 15) is 0 Å². The second-order valence-corrected chi connectivity index (χ2v) is 5.45. The van der Waals surface area contributed by atoms with Crippen molar-refractivity contribution < 1.29 is 0 Å². The minimum absolute atomic E-state index is 0.565. The highest BCUT2D eigenvalue weighted by molar-refractivity contribution is 5.67. The van der Waals surface area contributed by atoms with E-state index in [1.165, 1.54) is 41.1 Å².